The summed E-state index contributed by atoms with van der Waals surface area (Å²) in [4.78, 5) is 24.1. The van der Waals surface area contributed by atoms with Crippen LogP contribution >= 0.6 is 0 Å². The van der Waals surface area contributed by atoms with E-state index in [4.69, 9.17) is 9.47 Å². The second kappa shape index (κ2) is 9.11. The van der Waals surface area contributed by atoms with E-state index in [1.54, 1.807) is 0 Å². The zero-order valence-electron chi connectivity index (χ0n) is 14.9. The Kier molecular flexibility index (Phi) is 7.13. The minimum Gasteiger partial charge on any atom is -0.449 e. The van der Waals surface area contributed by atoms with E-state index in [2.05, 4.69) is 5.32 Å². The zero-order chi connectivity index (χ0) is 19.2. The topological polar surface area (TPSA) is 102 Å². The highest BCUT2D eigenvalue weighted by molar-refractivity contribution is 7.89. The molecule has 9 heteroatoms. The average Bonchev–Trinajstić information content (AvgIpc) is 3.17. The Morgan fingerprint density at radius 3 is 2.62 bits per heavy atom. The van der Waals surface area contributed by atoms with E-state index < -0.39 is 28.0 Å². The molecular weight excluding hydrogens is 360 g/mol. The van der Waals surface area contributed by atoms with Crippen LogP contribution in [0.25, 0.3) is 0 Å². The number of nitrogens with one attached hydrogen (secondary N) is 1. The molecule has 0 saturated carbocycles. The van der Waals surface area contributed by atoms with Crippen LogP contribution in [0.3, 0.4) is 0 Å². The van der Waals surface area contributed by atoms with Crippen LogP contribution in [-0.4, -0.2) is 64.1 Å². The van der Waals surface area contributed by atoms with E-state index in [1.807, 2.05) is 0 Å². The third-order valence-electron chi connectivity index (χ3n) is 4.03. The summed E-state index contributed by atoms with van der Waals surface area (Å²) in [6, 6.07) is 5.68. The van der Waals surface area contributed by atoms with Crippen molar-refractivity contribution < 1.29 is 27.5 Å². The van der Waals surface area contributed by atoms with Gasteiger partial charge in [0.1, 0.15) is 0 Å². The molecule has 8 nitrogen and oxygen atoms in total. The molecule has 0 aliphatic carbocycles. The second-order valence-corrected chi connectivity index (χ2v) is 7.91. The van der Waals surface area contributed by atoms with Crippen LogP contribution in [0.2, 0.25) is 0 Å². The molecule has 26 heavy (non-hydrogen) atoms. The molecule has 1 aromatic rings. The first-order chi connectivity index (χ1) is 12.4. The molecule has 144 valence electrons. The Morgan fingerprint density at radius 2 is 1.96 bits per heavy atom. The minimum atomic E-state index is -3.62. The standard InChI is InChI=1S/C17H24N2O6S/c1-13(16(20)18-8-11-24-2)25-17(21)14-6-5-7-15(12-14)26(22,23)19-9-3-4-10-19/h5-7,12-13H,3-4,8-11H2,1-2H3,(H,18,20)/t13-/m0/s1. The molecule has 1 atom stereocenters. The first-order valence-electron chi connectivity index (χ1n) is 8.44. The first-order valence-corrected chi connectivity index (χ1v) is 9.88. The molecule has 1 heterocycles. The number of carbonyl (C=O) groups is 2. The van der Waals surface area contributed by atoms with Gasteiger partial charge in [0.25, 0.3) is 5.91 Å². The van der Waals surface area contributed by atoms with Crippen LogP contribution in [0.15, 0.2) is 29.2 Å². The number of hydrogen-bond acceptors (Lipinski definition) is 6. The van der Waals surface area contributed by atoms with Gasteiger partial charge >= 0.3 is 5.97 Å². The number of rotatable bonds is 8. The Balaban J connectivity index is 2.04. The van der Waals surface area contributed by atoms with Crippen molar-refractivity contribution in [1.82, 2.24) is 9.62 Å². The van der Waals surface area contributed by atoms with E-state index >= 15 is 0 Å². The summed E-state index contributed by atoms with van der Waals surface area (Å²) < 4.78 is 36.5. The molecule has 0 spiro atoms. The van der Waals surface area contributed by atoms with Crippen LogP contribution in [0, 0.1) is 0 Å². The van der Waals surface area contributed by atoms with Crippen molar-refractivity contribution in [2.24, 2.45) is 0 Å². The molecule has 1 aromatic carbocycles. The molecule has 1 amide bonds. The van der Waals surface area contributed by atoms with Crippen molar-refractivity contribution in [3.63, 3.8) is 0 Å². The molecule has 1 fully saturated rings. The lowest BCUT2D eigenvalue weighted by atomic mass is 10.2. The summed E-state index contributed by atoms with van der Waals surface area (Å²) in [6.45, 7) is 3.07. The van der Waals surface area contributed by atoms with Gasteiger partial charge in [0, 0.05) is 26.7 Å². The number of nitrogens with zero attached hydrogens (tertiary/aromatic N) is 1. The van der Waals surface area contributed by atoms with Crippen molar-refractivity contribution in [2.45, 2.75) is 30.8 Å². The maximum Gasteiger partial charge on any atom is 0.338 e. The molecular formula is C17H24N2O6S. The number of ether oxygens (including phenoxy) is 2. The van der Waals surface area contributed by atoms with E-state index in [0.717, 1.165) is 12.8 Å². The van der Waals surface area contributed by atoms with Crippen LogP contribution in [0.1, 0.15) is 30.1 Å². The number of sulfonamides is 1. The Morgan fingerprint density at radius 1 is 1.27 bits per heavy atom. The average molecular weight is 384 g/mol. The fourth-order valence-corrected chi connectivity index (χ4v) is 4.13. The van der Waals surface area contributed by atoms with Gasteiger partial charge < -0.3 is 14.8 Å². The largest absolute Gasteiger partial charge is 0.449 e. The molecule has 0 bridgehead atoms. The third kappa shape index (κ3) is 5.03. The maximum absolute atomic E-state index is 12.6. The smallest absolute Gasteiger partial charge is 0.338 e. The lowest BCUT2D eigenvalue weighted by Gasteiger charge is -2.16. The van der Waals surface area contributed by atoms with Gasteiger partial charge in [-0.25, -0.2) is 13.2 Å². The molecule has 1 aliphatic rings. The maximum atomic E-state index is 12.6. The summed E-state index contributed by atoms with van der Waals surface area (Å²) in [5.41, 5.74) is 0.0850. The van der Waals surface area contributed by atoms with Gasteiger partial charge in [0.05, 0.1) is 17.1 Å². The third-order valence-corrected chi connectivity index (χ3v) is 5.93. The highest BCUT2D eigenvalue weighted by Gasteiger charge is 2.28. The minimum absolute atomic E-state index is 0.0473. The van der Waals surface area contributed by atoms with Crippen molar-refractivity contribution in [2.75, 3.05) is 33.4 Å². The van der Waals surface area contributed by atoms with Gasteiger partial charge in [-0.05, 0) is 38.0 Å². The van der Waals surface area contributed by atoms with Gasteiger partial charge in [0.2, 0.25) is 10.0 Å². The molecule has 2 rings (SSSR count). The SMILES string of the molecule is COCCNC(=O)[C@H](C)OC(=O)c1cccc(S(=O)(=O)N2CCCC2)c1. The van der Waals surface area contributed by atoms with E-state index in [0.29, 0.717) is 26.2 Å². The Labute approximate surface area is 153 Å². The summed E-state index contributed by atoms with van der Waals surface area (Å²) in [5.74, 6) is -1.20. The fraction of sp³-hybridized carbons (Fsp3) is 0.529. The molecule has 1 aliphatic heterocycles. The van der Waals surface area contributed by atoms with Crippen LogP contribution in [0.4, 0.5) is 0 Å². The van der Waals surface area contributed by atoms with Crippen LogP contribution in [-0.2, 0) is 24.3 Å². The number of benzene rings is 1. The van der Waals surface area contributed by atoms with Crippen molar-refractivity contribution in [3.8, 4) is 0 Å². The number of carbonyl (C=O) groups excluding carboxylic acids is 2. The molecule has 1 N–H and O–H groups in total. The number of methoxy groups -OCH3 is 1. The van der Waals surface area contributed by atoms with Crippen molar-refractivity contribution in [3.05, 3.63) is 29.8 Å². The number of amides is 1. The van der Waals surface area contributed by atoms with E-state index in [-0.39, 0.29) is 10.5 Å². The number of hydrogen-bond donors (Lipinski definition) is 1. The van der Waals surface area contributed by atoms with Crippen molar-refractivity contribution in [1.29, 1.82) is 0 Å². The Hall–Kier alpha value is -1.97. The van der Waals surface area contributed by atoms with Gasteiger partial charge in [-0.1, -0.05) is 6.07 Å². The lowest BCUT2D eigenvalue weighted by Crippen LogP contribution is -2.37. The highest BCUT2D eigenvalue weighted by Crippen LogP contribution is 2.22. The zero-order valence-corrected chi connectivity index (χ0v) is 15.8. The molecule has 0 radical (unpaired) electrons. The first kappa shape index (κ1) is 20.3. The molecule has 0 aromatic heterocycles. The fourth-order valence-electron chi connectivity index (χ4n) is 2.56. The van der Waals surface area contributed by atoms with Gasteiger partial charge in [0.15, 0.2) is 6.10 Å². The molecule has 0 unspecified atom stereocenters. The summed E-state index contributed by atoms with van der Waals surface area (Å²) >= 11 is 0. The summed E-state index contributed by atoms with van der Waals surface area (Å²) in [5, 5.41) is 2.57. The van der Waals surface area contributed by atoms with Crippen molar-refractivity contribution >= 4 is 21.9 Å². The second-order valence-electron chi connectivity index (χ2n) is 5.97. The molecule has 1 saturated heterocycles. The quantitative estimate of drug-likeness (QED) is 0.525. The lowest BCUT2D eigenvalue weighted by molar-refractivity contribution is -0.129. The van der Waals surface area contributed by atoms with E-state index in [9.17, 15) is 18.0 Å². The number of esters is 1. The van der Waals surface area contributed by atoms with Gasteiger partial charge in [-0.3, -0.25) is 4.79 Å². The van der Waals surface area contributed by atoms with Gasteiger partial charge in [-0.2, -0.15) is 4.31 Å². The summed E-state index contributed by atoms with van der Waals surface area (Å²) in [6.07, 6.45) is 0.658. The van der Waals surface area contributed by atoms with E-state index in [1.165, 1.54) is 42.6 Å². The summed E-state index contributed by atoms with van der Waals surface area (Å²) in [7, 11) is -2.11. The highest BCUT2D eigenvalue weighted by atomic mass is 32.2. The van der Waals surface area contributed by atoms with Crippen LogP contribution < -0.4 is 5.32 Å². The predicted molar refractivity (Wildman–Crippen MR) is 94.2 cm³/mol. The van der Waals surface area contributed by atoms with Gasteiger partial charge in [-0.15, -0.1) is 0 Å². The van der Waals surface area contributed by atoms with Crippen LogP contribution in [0.5, 0.6) is 0 Å². The monoisotopic (exact) mass is 384 g/mol. The normalized spacial score (nSPS) is 16.2. The predicted octanol–water partition coefficient (Wildman–Crippen LogP) is 0.779. The Bertz CT molecular complexity index is 743.